The fraction of sp³-hybridized carbons (Fsp3) is 0.667. The van der Waals surface area contributed by atoms with Crippen LogP contribution in [0, 0.1) is 0 Å². The van der Waals surface area contributed by atoms with Crippen molar-refractivity contribution >= 4 is 11.7 Å². The van der Waals surface area contributed by atoms with Gasteiger partial charge in [-0.05, 0) is 6.92 Å². The molecule has 0 bridgehead atoms. The van der Waals surface area contributed by atoms with Gasteiger partial charge in [0.2, 0.25) is 0 Å². The molecule has 2 N–H and O–H groups in total. The topological polar surface area (TPSA) is 58.7 Å². The zero-order chi connectivity index (χ0) is 7.56. The summed E-state index contributed by atoms with van der Waals surface area (Å²) in [5.74, 6) is 0.621. The second-order valence-corrected chi connectivity index (χ2v) is 2.36. The Hall–Kier alpha value is -1.06. The van der Waals surface area contributed by atoms with Gasteiger partial charge in [-0.2, -0.15) is 0 Å². The summed E-state index contributed by atoms with van der Waals surface area (Å²) in [7, 11) is 0. The maximum Gasteiger partial charge on any atom is 0.191 e. The molecule has 0 radical (unpaired) electrons. The largest absolute Gasteiger partial charge is 0.370 e. The van der Waals surface area contributed by atoms with E-state index < -0.39 is 0 Å². The molecule has 4 heteroatoms. The minimum Gasteiger partial charge on any atom is -0.370 e. The van der Waals surface area contributed by atoms with Crippen LogP contribution in [0.1, 0.15) is 6.92 Å². The third-order valence-electron chi connectivity index (χ3n) is 1.38. The van der Waals surface area contributed by atoms with Crippen molar-refractivity contribution in [2.45, 2.75) is 6.92 Å². The molecule has 0 aromatic carbocycles. The van der Waals surface area contributed by atoms with Gasteiger partial charge in [0.15, 0.2) is 5.96 Å². The summed E-state index contributed by atoms with van der Waals surface area (Å²) in [5.41, 5.74) is 5.45. The van der Waals surface area contributed by atoms with Gasteiger partial charge in [-0.1, -0.05) is 0 Å². The highest BCUT2D eigenvalue weighted by molar-refractivity contribution is 5.86. The number of aliphatic imine (C=N–C) groups is 1. The van der Waals surface area contributed by atoms with Crippen molar-refractivity contribution < 1.29 is 4.79 Å². The van der Waals surface area contributed by atoms with Crippen LogP contribution in [0.2, 0.25) is 0 Å². The summed E-state index contributed by atoms with van der Waals surface area (Å²) >= 11 is 0. The van der Waals surface area contributed by atoms with Gasteiger partial charge in [0.05, 0.1) is 13.1 Å². The molecule has 1 aliphatic rings. The molecule has 0 aromatic rings. The van der Waals surface area contributed by atoms with Crippen molar-refractivity contribution in [1.82, 2.24) is 4.90 Å². The molecule has 10 heavy (non-hydrogen) atoms. The van der Waals surface area contributed by atoms with Crippen LogP contribution in [0.4, 0.5) is 0 Å². The van der Waals surface area contributed by atoms with Gasteiger partial charge >= 0.3 is 0 Å². The molecule has 0 saturated carbocycles. The third kappa shape index (κ3) is 1.46. The SMILES string of the molecule is CC(=O)CN1CCN=C1N. The Balaban J connectivity index is 2.43. The van der Waals surface area contributed by atoms with Crippen LogP contribution in [-0.4, -0.2) is 36.3 Å². The zero-order valence-corrected chi connectivity index (χ0v) is 6.00. The summed E-state index contributed by atoms with van der Waals surface area (Å²) in [5, 5.41) is 0. The number of ketones is 1. The van der Waals surface area contributed by atoms with Crippen molar-refractivity contribution in [3.05, 3.63) is 0 Å². The second kappa shape index (κ2) is 2.68. The lowest BCUT2D eigenvalue weighted by atomic mass is 10.4. The minimum atomic E-state index is 0.125. The number of nitrogens with zero attached hydrogens (tertiary/aromatic N) is 2. The maximum absolute atomic E-state index is 10.6. The number of carbonyl (C=O) groups is 1. The molecule has 1 aliphatic heterocycles. The zero-order valence-electron chi connectivity index (χ0n) is 6.00. The fourth-order valence-electron chi connectivity index (χ4n) is 0.929. The highest BCUT2D eigenvalue weighted by Gasteiger charge is 2.13. The number of guanidine groups is 1. The number of carbonyl (C=O) groups excluding carboxylic acids is 1. The van der Waals surface area contributed by atoms with E-state index in [1.165, 1.54) is 0 Å². The Morgan fingerprint density at radius 1 is 1.90 bits per heavy atom. The molecular weight excluding hydrogens is 130 g/mol. The van der Waals surface area contributed by atoms with Crippen LogP contribution in [0.15, 0.2) is 4.99 Å². The van der Waals surface area contributed by atoms with E-state index >= 15 is 0 Å². The highest BCUT2D eigenvalue weighted by atomic mass is 16.1. The normalized spacial score (nSPS) is 17.3. The van der Waals surface area contributed by atoms with Gasteiger partial charge < -0.3 is 10.6 Å². The molecule has 0 aliphatic carbocycles. The standard InChI is InChI=1S/C6H11N3O/c1-5(10)4-9-3-2-8-6(9)7/h2-4H2,1H3,(H2,7,8). The predicted molar refractivity (Wildman–Crippen MR) is 38.7 cm³/mol. The van der Waals surface area contributed by atoms with Gasteiger partial charge in [-0.3, -0.25) is 9.79 Å². The summed E-state index contributed by atoms with van der Waals surface area (Å²) in [6.45, 7) is 3.45. The van der Waals surface area contributed by atoms with Crippen molar-refractivity contribution in [3.8, 4) is 0 Å². The van der Waals surface area contributed by atoms with E-state index in [4.69, 9.17) is 5.73 Å². The quantitative estimate of drug-likeness (QED) is 0.548. The van der Waals surface area contributed by atoms with Crippen molar-refractivity contribution in [2.75, 3.05) is 19.6 Å². The molecule has 0 amide bonds. The summed E-state index contributed by atoms with van der Waals surface area (Å²) in [6.07, 6.45) is 0. The molecule has 1 rings (SSSR count). The van der Waals surface area contributed by atoms with Gasteiger partial charge in [0, 0.05) is 6.54 Å². The lowest BCUT2D eigenvalue weighted by Gasteiger charge is -2.14. The van der Waals surface area contributed by atoms with E-state index in [1.54, 1.807) is 11.8 Å². The lowest BCUT2D eigenvalue weighted by molar-refractivity contribution is -0.117. The van der Waals surface area contributed by atoms with Gasteiger partial charge in [0.1, 0.15) is 5.78 Å². The molecule has 0 atom stereocenters. The first kappa shape index (κ1) is 7.05. The van der Waals surface area contributed by atoms with E-state index in [2.05, 4.69) is 4.99 Å². The third-order valence-corrected chi connectivity index (χ3v) is 1.38. The van der Waals surface area contributed by atoms with Crippen LogP contribution < -0.4 is 5.73 Å². The molecule has 0 unspecified atom stereocenters. The number of hydrogen-bond donors (Lipinski definition) is 1. The van der Waals surface area contributed by atoms with Gasteiger partial charge in [0.25, 0.3) is 0 Å². The first-order chi connectivity index (χ1) is 4.70. The van der Waals surface area contributed by atoms with Crippen LogP contribution in [0.25, 0.3) is 0 Å². The number of Topliss-reactive ketones (excluding diaryl/α,β-unsaturated/α-hetero) is 1. The van der Waals surface area contributed by atoms with Crippen LogP contribution in [0.3, 0.4) is 0 Å². The van der Waals surface area contributed by atoms with E-state index in [0.29, 0.717) is 12.5 Å². The van der Waals surface area contributed by atoms with Crippen LogP contribution in [-0.2, 0) is 4.79 Å². The molecule has 0 spiro atoms. The maximum atomic E-state index is 10.6. The minimum absolute atomic E-state index is 0.125. The Labute approximate surface area is 59.7 Å². The Kier molecular flexibility index (Phi) is 1.89. The van der Waals surface area contributed by atoms with Gasteiger partial charge in [-0.25, -0.2) is 0 Å². The smallest absolute Gasteiger partial charge is 0.191 e. The lowest BCUT2D eigenvalue weighted by Crippen LogP contribution is -2.37. The molecule has 0 aromatic heterocycles. The molecule has 56 valence electrons. The van der Waals surface area contributed by atoms with Gasteiger partial charge in [-0.15, -0.1) is 0 Å². The first-order valence-corrected chi connectivity index (χ1v) is 3.24. The highest BCUT2D eigenvalue weighted by Crippen LogP contribution is 1.96. The second-order valence-electron chi connectivity index (χ2n) is 2.36. The number of hydrogen-bond acceptors (Lipinski definition) is 4. The van der Waals surface area contributed by atoms with Crippen LogP contribution in [0.5, 0.6) is 0 Å². The Bertz CT molecular complexity index is 176. The number of nitrogens with two attached hydrogens (primary N) is 1. The average Bonchev–Trinajstić information content (AvgIpc) is 2.15. The van der Waals surface area contributed by atoms with E-state index in [-0.39, 0.29) is 5.78 Å². The summed E-state index contributed by atoms with van der Waals surface area (Å²) < 4.78 is 0. The fourth-order valence-corrected chi connectivity index (χ4v) is 0.929. The van der Waals surface area contributed by atoms with E-state index in [9.17, 15) is 4.79 Å². The summed E-state index contributed by atoms with van der Waals surface area (Å²) in [4.78, 5) is 16.3. The Morgan fingerprint density at radius 3 is 3.00 bits per heavy atom. The molecule has 1 heterocycles. The van der Waals surface area contributed by atoms with E-state index in [0.717, 1.165) is 13.1 Å². The molecule has 0 fully saturated rings. The predicted octanol–water partition coefficient (Wildman–Crippen LogP) is -0.794. The summed E-state index contributed by atoms with van der Waals surface area (Å²) in [6, 6.07) is 0. The van der Waals surface area contributed by atoms with Crippen molar-refractivity contribution in [1.29, 1.82) is 0 Å². The Morgan fingerprint density at radius 2 is 2.60 bits per heavy atom. The number of rotatable bonds is 2. The van der Waals surface area contributed by atoms with Crippen molar-refractivity contribution in [2.24, 2.45) is 10.7 Å². The molecule has 0 saturated heterocycles. The molecular formula is C6H11N3O. The van der Waals surface area contributed by atoms with Crippen LogP contribution >= 0.6 is 0 Å². The monoisotopic (exact) mass is 141 g/mol. The van der Waals surface area contributed by atoms with E-state index in [1.807, 2.05) is 0 Å². The first-order valence-electron chi connectivity index (χ1n) is 3.24. The average molecular weight is 141 g/mol. The molecule has 4 nitrogen and oxygen atoms in total. The van der Waals surface area contributed by atoms with Crippen molar-refractivity contribution in [3.63, 3.8) is 0 Å².